The molecule has 0 fully saturated rings. The number of thioether (sulfide) groups is 1. The molecule has 0 heterocycles. The zero-order valence-corrected chi connectivity index (χ0v) is 12.0. The Labute approximate surface area is 105 Å². The molecule has 1 N–H and O–H groups in total. The lowest BCUT2D eigenvalue weighted by Crippen LogP contribution is -2.06. The minimum absolute atomic E-state index is 0.297. The van der Waals surface area contributed by atoms with Gasteiger partial charge in [0.25, 0.3) is 0 Å². The summed E-state index contributed by atoms with van der Waals surface area (Å²) in [5.41, 5.74) is 1.28. The molecule has 0 saturated carbocycles. The average Bonchev–Trinajstić information content (AvgIpc) is 2.15. The molecule has 96 valence electrons. The monoisotopic (exact) mass is 245 g/mol. The maximum atomic E-state index is 8.63. The lowest BCUT2D eigenvalue weighted by molar-refractivity contribution is 0.322. The van der Waals surface area contributed by atoms with Crippen molar-refractivity contribution in [3.8, 4) is 0 Å². The fourth-order valence-corrected chi connectivity index (χ4v) is 2.44. The molecule has 0 radical (unpaired) electrons. The third-order valence-electron chi connectivity index (χ3n) is 2.29. The summed E-state index contributed by atoms with van der Waals surface area (Å²) >= 11 is 1.83. The number of hydrogen-bond acceptors (Lipinski definition) is 3. The Hall–Kier alpha value is -0.0200. The molecule has 0 bridgehead atoms. The maximum absolute atomic E-state index is 8.63. The fourth-order valence-electron chi connectivity index (χ4n) is 1.73. The van der Waals surface area contributed by atoms with Crippen molar-refractivity contribution < 1.29 is 5.11 Å². The number of aliphatic hydroxyl groups excluding tert-OH is 1. The van der Waals surface area contributed by atoms with Crippen molar-refractivity contribution >= 4 is 17.5 Å². The van der Waals surface area contributed by atoms with E-state index in [-0.39, 0.29) is 0 Å². The van der Waals surface area contributed by atoms with Gasteiger partial charge in [0.2, 0.25) is 0 Å². The summed E-state index contributed by atoms with van der Waals surface area (Å²) in [6.45, 7) is 9.09. The predicted molar refractivity (Wildman–Crippen MR) is 75.7 cm³/mol. The Morgan fingerprint density at radius 2 is 1.94 bits per heavy atom. The van der Waals surface area contributed by atoms with Crippen molar-refractivity contribution in [1.29, 1.82) is 0 Å². The largest absolute Gasteiger partial charge is 0.396 e. The Kier molecular flexibility index (Phi) is 10.1. The van der Waals surface area contributed by atoms with E-state index >= 15 is 0 Å². The molecule has 0 saturated heterocycles. The number of aliphatic imine (C=N–C) groups is 1. The van der Waals surface area contributed by atoms with E-state index in [0.29, 0.717) is 18.6 Å². The van der Waals surface area contributed by atoms with E-state index in [1.807, 2.05) is 11.8 Å². The van der Waals surface area contributed by atoms with Gasteiger partial charge in [-0.2, -0.15) is 11.8 Å². The van der Waals surface area contributed by atoms with Crippen LogP contribution >= 0.6 is 11.8 Å². The predicted octanol–water partition coefficient (Wildman–Crippen LogP) is 3.39. The number of nitrogens with zero attached hydrogens (tertiary/aromatic N) is 1. The lowest BCUT2D eigenvalue weighted by atomic mass is 10.1. The molecule has 0 aromatic rings. The van der Waals surface area contributed by atoms with Crippen LogP contribution in [0.25, 0.3) is 0 Å². The van der Waals surface area contributed by atoms with Crippen LogP contribution < -0.4 is 0 Å². The summed E-state index contributed by atoms with van der Waals surface area (Å²) in [6.07, 6.45) is 3.47. The lowest BCUT2D eigenvalue weighted by Gasteiger charge is -2.09. The summed E-state index contributed by atoms with van der Waals surface area (Å²) in [4.78, 5) is 4.69. The molecule has 0 amide bonds. The van der Waals surface area contributed by atoms with E-state index in [1.165, 1.54) is 12.1 Å². The summed E-state index contributed by atoms with van der Waals surface area (Å²) in [6, 6.07) is 0.452. The van der Waals surface area contributed by atoms with Crippen LogP contribution in [-0.4, -0.2) is 35.0 Å². The molecule has 0 aliphatic carbocycles. The molecule has 0 aromatic carbocycles. The molecule has 0 aliphatic heterocycles. The van der Waals surface area contributed by atoms with Crippen molar-refractivity contribution in [1.82, 2.24) is 0 Å². The highest BCUT2D eigenvalue weighted by molar-refractivity contribution is 7.99. The van der Waals surface area contributed by atoms with Gasteiger partial charge in [0.15, 0.2) is 0 Å². The highest BCUT2D eigenvalue weighted by Gasteiger charge is 2.02. The third kappa shape index (κ3) is 10.5. The summed E-state index contributed by atoms with van der Waals surface area (Å²) < 4.78 is 0. The van der Waals surface area contributed by atoms with Gasteiger partial charge < -0.3 is 5.11 Å². The fraction of sp³-hybridized carbons (Fsp3) is 0.923. The number of aliphatic hydroxyl groups is 1. The molecule has 16 heavy (non-hydrogen) atoms. The van der Waals surface area contributed by atoms with Crippen molar-refractivity contribution in [2.24, 2.45) is 10.9 Å². The zero-order chi connectivity index (χ0) is 12.4. The molecule has 2 nitrogen and oxygen atoms in total. The first kappa shape index (κ1) is 16.0. The maximum Gasteiger partial charge on any atom is 0.0521 e. The Morgan fingerprint density at radius 3 is 2.50 bits per heavy atom. The summed E-state index contributed by atoms with van der Waals surface area (Å²) in [7, 11) is 0. The molecule has 0 aromatic heterocycles. The summed E-state index contributed by atoms with van der Waals surface area (Å²) in [5.74, 6) is 2.71. The van der Waals surface area contributed by atoms with Crippen LogP contribution in [0.4, 0.5) is 0 Å². The van der Waals surface area contributed by atoms with E-state index in [1.54, 1.807) is 0 Å². The first-order valence-electron chi connectivity index (χ1n) is 6.28. The summed E-state index contributed by atoms with van der Waals surface area (Å²) in [5, 5.41) is 8.63. The first-order valence-corrected chi connectivity index (χ1v) is 7.43. The first-order chi connectivity index (χ1) is 7.56. The van der Waals surface area contributed by atoms with Crippen molar-refractivity contribution in [3.63, 3.8) is 0 Å². The van der Waals surface area contributed by atoms with Crippen molar-refractivity contribution in [2.45, 2.75) is 53.0 Å². The van der Waals surface area contributed by atoms with Crippen molar-refractivity contribution in [3.05, 3.63) is 0 Å². The van der Waals surface area contributed by atoms with Gasteiger partial charge in [0, 0.05) is 17.5 Å². The quantitative estimate of drug-likeness (QED) is 0.499. The normalized spacial score (nSPS) is 14.5. The van der Waals surface area contributed by atoms with Gasteiger partial charge in [-0.3, -0.25) is 4.99 Å². The van der Waals surface area contributed by atoms with E-state index in [4.69, 9.17) is 10.1 Å². The zero-order valence-electron chi connectivity index (χ0n) is 11.2. The van der Waals surface area contributed by atoms with Gasteiger partial charge in [0.1, 0.15) is 0 Å². The highest BCUT2D eigenvalue weighted by atomic mass is 32.2. The minimum Gasteiger partial charge on any atom is -0.396 e. The van der Waals surface area contributed by atoms with Crippen LogP contribution in [0.5, 0.6) is 0 Å². The van der Waals surface area contributed by atoms with Gasteiger partial charge in [0.05, 0.1) is 6.61 Å². The molecule has 0 aliphatic rings. The Bertz CT molecular complexity index is 192. The number of rotatable bonds is 9. The molecule has 0 spiro atoms. The highest BCUT2D eigenvalue weighted by Crippen LogP contribution is 2.09. The minimum atomic E-state index is 0.297. The van der Waals surface area contributed by atoms with Crippen molar-refractivity contribution in [2.75, 3.05) is 18.1 Å². The van der Waals surface area contributed by atoms with Gasteiger partial charge in [-0.05, 0) is 44.8 Å². The topological polar surface area (TPSA) is 32.6 Å². The van der Waals surface area contributed by atoms with Crippen LogP contribution in [0.3, 0.4) is 0 Å². The van der Waals surface area contributed by atoms with Crippen LogP contribution in [0, 0.1) is 5.92 Å². The molecule has 0 rings (SSSR count). The molecular weight excluding hydrogens is 218 g/mol. The molecule has 1 unspecified atom stereocenters. The second kappa shape index (κ2) is 10.2. The van der Waals surface area contributed by atoms with Crippen LogP contribution in [0.1, 0.15) is 47.0 Å². The SMILES string of the molecule is CC(CC(C)C)=NC(C)CCCSCCO. The standard InChI is InChI=1S/C13H27NOS/c1-11(2)10-13(4)14-12(3)6-5-8-16-9-7-15/h11-12,15H,5-10H2,1-4H3. The Morgan fingerprint density at radius 1 is 1.25 bits per heavy atom. The molecular formula is C13H27NOS. The van der Waals surface area contributed by atoms with Crippen LogP contribution in [0.2, 0.25) is 0 Å². The van der Waals surface area contributed by atoms with Gasteiger partial charge in [-0.25, -0.2) is 0 Å². The van der Waals surface area contributed by atoms with E-state index < -0.39 is 0 Å². The van der Waals surface area contributed by atoms with Gasteiger partial charge in [-0.15, -0.1) is 0 Å². The molecule has 1 atom stereocenters. The van der Waals surface area contributed by atoms with Gasteiger partial charge in [-0.1, -0.05) is 13.8 Å². The molecule has 3 heteroatoms. The smallest absolute Gasteiger partial charge is 0.0521 e. The van der Waals surface area contributed by atoms with Gasteiger partial charge >= 0.3 is 0 Å². The van der Waals surface area contributed by atoms with E-state index in [0.717, 1.165) is 24.3 Å². The second-order valence-electron chi connectivity index (χ2n) is 4.79. The Balaban J connectivity index is 3.60. The second-order valence-corrected chi connectivity index (χ2v) is 6.01. The number of hydrogen-bond donors (Lipinski definition) is 1. The average molecular weight is 245 g/mol. The van der Waals surface area contributed by atoms with Crippen LogP contribution in [0.15, 0.2) is 4.99 Å². The third-order valence-corrected chi connectivity index (χ3v) is 3.34. The van der Waals surface area contributed by atoms with E-state index in [2.05, 4.69) is 27.7 Å². The van der Waals surface area contributed by atoms with Crippen LogP contribution in [-0.2, 0) is 0 Å². The van der Waals surface area contributed by atoms with E-state index in [9.17, 15) is 0 Å².